The first kappa shape index (κ1) is 18.9. The molecular formula is C19H23FN4O3. The minimum absolute atomic E-state index is 0.0749. The van der Waals surface area contributed by atoms with Crippen LogP contribution < -0.4 is 14.4 Å². The highest BCUT2D eigenvalue weighted by Crippen LogP contribution is 2.24. The van der Waals surface area contributed by atoms with E-state index in [0.29, 0.717) is 24.8 Å². The van der Waals surface area contributed by atoms with Gasteiger partial charge in [-0.05, 0) is 25.0 Å². The number of rotatable bonds is 6. The maximum Gasteiger partial charge on any atom is 0.260 e. The predicted octanol–water partition coefficient (Wildman–Crippen LogP) is 2.13. The monoisotopic (exact) mass is 374 g/mol. The van der Waals surface area contributed by atoms with Gasteiger partial charge in [0, 0.05) is 33.0 Å². The molecule has 1 fully saturated rings. The number of hydrogen-bond donors (Lipinski definition) is 0. The standard InChI is InChI=1S/C19H23FN4O3/c1-23(2)18-19(22-10-9-21-18)27-14-6-5-11-24(12-14)17(25)13-26-16-8-4-3-7-15(16)20/h3-4,7-10,14H,5-6,11-13H2,1-2H3. The van der Waals surface area contributed by atoms with Crippen LogP contribution in [-0.2, 0) is 4.79 Å². The molecule has 8 heteroatoms. The van der Waals surface area contributed by atoms with E-state index in [-0.39, 0.29) is 24.4 Å². The number of para-hydroxylation sites is 1. The van der Waals surface area contributed by atoms with E-state index in [9.17, 15) is 9.18 Å². The molecule has 1 unspecified atom stereocenters. The Morgan fingerprint density at radius 2 is 2.07 bits per heavy atom. The summed E-state index contributed by atoms with van der Waals surface area (Å²) < 4.78 is 24.9. The topological polar surface area (TPSA) is 67.8 Å². The number of aromatic nitrogens is 2. The Balaban J connectivity index is 1.58. The lowest BCUT2D eigenvalue weighted by Crippen LogP contribution is -2.46. The van der Waals surface area contributed by atoms with Gasteiger partial charge in [-0.3, -0.25) is 4.79 Å². The number of carbonyl (C=O) groups is 1. The van der Waals surface area contributed by atoms with Crippen molar-refractivity contribution < 1.29 is 18.7 Å². The summed E-state index contributed by atoms with van der Waals surface area (Å²) in [6.45, 7) is 0.852. The number of nitrogens with zero attached hydrogens (tertiary/aromatic N) is 4. The quantitative estimate of drug-likeness (QED) is 0.772. The molecule has 0 spiro atoms. The van der Waals surface area contributed by atoms with Gasteiger partial charge >= 0.3 is 0 Å². The van der Waals surface area contributed by atoms with E-state index >= 15 is 0 Å². The van der Waals surface area contributed by atoms with Crippen molar-refractivity contribution in [2.75, 3.05) is 38.7 Å². The molecular weight excluding hydrogens is 351 g/mol. The third-order valence-electron chi connectivity index (χ3n) is 4.27. The highest BCUT2D eigenvalue weighted by Gasteiger charge is 2.26. The Labute approximate surface area is 157 Å². The van der Waals surface area contributed by atoms with E-state index in [4.69, 9.17) is 9.47 Å². The Hall–Kier alpha value is -2.90. The van der Waals surface area contributed by atoms with Crippen LogP contribution in [0.25, 0.3) is 0 Å². The number of amides is 1. The fourth-order valence-corrected chi connectivity index (χ4v) is 2.92. The third-order valence-corrected chi connectivity index (χ3v) is 4.27. The second-order valence-corrected chi connectivity index (χ2v) is 6.52. The van der Waals surface area contributed by atoms with Crippen molar-refractivity contribution in [1.29, 1.82) is 0 Å². The molecule has 144 valence electrons. The Morgan fingerprint density at radius 1 is 1.30 bits per heavy atom. The van der Waals surface area contributed by atoms with E-state index in [1.54, 1.807) is 29.4 Å². The lowest BCUT2D eigenvalue weighted by atomic mass is 10.1. The normalized spacial score (nSPS) is 16.7. The average Bonchev–Trinajstić information content (AvgIpc) is 2.67. The van der Waals surface area contributed by atoms with E-state index < -0.39 is 5.82 Å². The van der Waals surface area contributed by atoms with Crippen molar-refractivity contribution in [2.24, 2.45) is 0 Å². The van der Waals surface area contributed by atoms with Crippen LogP contribution in [0.1, 0.15) is 12.8 Å². The SMILES string of the molecule is CN(C)c1nccnc1OC1CCCN(C(=O)COc2ccccc2F)C1. The zero-order valence-corrected chi connectivity index (χ0v) is 15.5. The van der Waals surface area contributed by atoms with Crippen LogP contribution in [0.2, 0.25) is 0 Å². The van der Waals surface area contributed by atoms with Crippen molar-refractivity contribution in [3.05, 3.63) is 42.5 Å². The molecule has 1 aliphatic heterocycles. The van der Waals surface area contributed by atoms with Gasteiger partial charge < -0.3 is 19.3 Å². The summed E-state index contributed by atoms with van der Waals surface area (Å²) in [4.78, 5) is 24.5. The molecule has 27 heavy (non-hydrogen) atoms. The number of ether oxygens (including phenoxy) is 2. The molecule has 3 rings (SSSR count). The smallest absolute Gasteiger partial charge is 0.260 e. The third kappa shape index (κ3) is 4.84. The predicted molar refractivity (Wildman–Crippen MR) is 98.5 cm³/mol. The van der Waals surface area contributed by atoms with Crippen LogP contribution >= 0.6 is 0 Å². The maximum atomic E-state index is 13.6. The van der Waals surface area contributed by atoms with Crippen LogP contribution in [0.3, 0.4) is 0 Å². The number of halogens is 1. The minimum atomic E-state index is -0.482. The fraction of sp³-hybridized carbons (Fsp3) is 0.421. The molecule has 1 aromatic heterocycles. The van der Waals surface area contributed by atoms with Crippen molar-refractivity contribution in [2.45, 2.75) is 18.9 Å². The van der Waals surface area contributed by atoms with Gasteiger partial charge in [0.2, 0.25) is 0 Å². The van der Waals surface area contributed by atoms with E-state index in [1.807, 2.05) is 19.0 Å². The van der Waals surface area contributed by atoms with E-state index in [1.165, 1.54) is 12.1 Å². The number of benzene rings is 1. The summed E-state index contributed by atoms with van der Waals surface area (Å²) in [6.07, 6.45) is 4.65. The first-order valence-corrected chi connectivity index (χ1v) is 8.84. The number of anilines is 1. The molecule has 0 bridgehead atoms. The highest BCUT2D eigenvalue weighted by atomic mass is 19.1. The molecule has 0 N–H and O–H groups in total. The second kappa shape index (κ2) is 8.66. The van der Waals surface area contributed by atoms with Crippen molar-refractivity contribution in [1.82, 2.24) is 14.9 Å². The zero-order valence-electron chi connectivity index (χ0n) is 15.5. The molecule has 7 nitrogen and oxygen atoms in total. The summed E-state index contributed by atoms with van der Waals surface area (Å²) in [5.41, 5.74) is 0. The summed E-state index contributed by atoms with van der Waals surface area (Å²) in [7, 11) is 3.74. The van der Waals surface area contributed by atoms with Crippen molar-refractivity contribution >= 4 is 11.7 Å². The van der Waals surface area contributed by atoms with Crippen LogP contribution in [-0.4, -0.2) is 60.7 Å². The van der Waals surface area contributed by atoms with Gasteiger partial charge in [-0.15, -0.1) is 0 Å². The molecule has 1 atom stereocenters. The number of piperidine rings is 1. The first-order valence-electron chi connectivity index (χ1n) is 8.84. The molecule has 1 saturated heterocycles. The second-order valence-electron chi connectivity index (χ2n) is 6.52. The molecule has 0 saturated carbocycles. The van der Waals surface area contributed by atoms with Gasteiger partial charge in [-0.1, -0.05) is 12.1 Å². The molecule has 0 radical (unpaired) electrons. The van der Waals surface area contributed by atoms with Gasteiger partial charge in [-0.2, -0.15) is 0 Å². The number of likely N-dealkylation sites (tertiary alicyclic amines) is 1. The first-order chi connectivity index (χ1) is 13.0. The van der Waals surface area contributed by atoms with Crippen molar-refractivity contribution in [3.8, 4) is 11.6 Å². The minimum Gasteiger partial charge on any atom is -0.481 e. The fourth-order valence-electron chi connectivity index (χ4n) is 2.92. The molecule has 2 heterocycles. The number of hydrogen-bond acceptors (Lipinski definition) is 6. The van der Waals surface area contributed by atoms with Gasteiger partial charge in [0.05, 0.1) is 6.54 Å². The van der Waals surface area contributed by atoms with Crippen molar-refractivity contribution in [3.63, 3.8) is 0 Å². The Bertz CT molecular complexity index is 787. The molecule has 2 aromatic rings. The van der Waals surface area contributed by atoms with E-state index in [2.05, 4.69) is 9.97 Å². The summed E-state index contributed by atoms with van der Waals surface area (Å²) in [5, 5.41) is 0. The molecule has 1 aliphatic rings. The summed E-state index contributed by atoms with van der Waals surface area (Å²) in [6, 6.07) is 6.04. The summed E-state index contributed by atoms with van der Waals surface area (Å²) in [5.74, 6) is 0.488. The van der Waals surface area contributed by atoms with Gasteiger partial charge in [0.25, 0.3) is 11.8 Å². The van der Waals surface area contributed by atoms with Gasteiger partial charge in [0.1, 0.15) is 6.10 Å². The number of carbonyl (C=O) groups excluding carboxylic acids is 1. The van der Waals surface area contributed by atoms with Crippen LogP contribution in [0.5, 0.6) is 11.6 Å². The Morgan fingerprint density at radius 3 is 2.85 bits per heavy atom. The Kier molecular flexibility index (Phi) is 6.05. The molecule has 1 amide bonds. The largest absolute Gasteiger partial charge is 0.481 e. The maximum absolute atomic E-state index is 13.6. The van der Waals surface area contributed by atoms with Gasteiger partial charge in [-0.25, -0.2) is 14.4 Å². The molecule has 1 aromatic carbocycles. The zero-order chi connectivity index (χ0) is 19.2. The highest BCUT2D eigenvalue weighted by molar-refractivity contribution is 5.78. The van der Waals surface area contributed by atoms with Crippen LogP contribution in [0.15, 0.2) is 36.7 Å². The van der Waals surface area contributed by atoms with Crippen LogP contribution in [0, 0.1) is 5.82 Å². The van der Waals surface area contributed by atoms with E-state index in [0.717, 1.165) is 12.8 Å². The lowest BCUT2D eigenvalue weighted by Gasteiger charge is -2.33. The van der Waals surface area contributed by atoms with Crippen LogP contribution in [0.4, 0.5) is 10.2 Å². The van der Waals surface area contributed by atoms with Gasteiger partial charge in [0.15, 0.2) is 24.0 Å². The molecule has 0 aliphatic carbocycles. The summed E-state index contributed by atoms with van der Waals surface area (Å²) >= 11 is 0. The lowest BCUT2D eigenvalue weighted by molar-refractivity contribution is -0.136. The average molecular weight is 374 g/mol.